The molecule has 7 nitrogen and oxygen atoms in total. The molecule has 11 heteroatoms. The van der Waals surface area contributed by atoms with Gasteiger partial charge in [-0.1, -0.05) is 32.0 Å². The number of imidazole rings is 1. The second-order valence-electron chi connectivity index (χ2n) is 8.42. The minimum Gasteiger partial charge on any atom is -0.348 e. The first-order chi connectivity index (χ1) is 17.5. The van der Waals surface area contributed by atoms with Crippen LogP contribution in [0.2, 0.25) is 0 Å². The van der Waals surface area contributed by atoms with Gasteiger partial charge < -0.3 is 9.72 Å². The number of halogens is 3. The molecule has 0 aliphatic rings. The van der Waals surface area contributed by atoms with E-state index in [1.807, 2.05) is 6.92 Å². The summed E-state index contributed by atoms with van der Waals surface area (Å²) in [6.45, 7) is 3.65. The summed E-state index contributed by atoms with van der Waals surface area (Å²) in [6.07, 6.45) is -1.29. The number of fused-ring (bicyclic) bond motifs is 1. The lowest BCUT2D eigenvalue weighted by atomic mass is 10.1. The van der Waals surface area contributed by atoms with Crippen molar-refractivity contribution in [3.05, 3.63) is 94.7 Å². The number of carbonyl (C=O) groups excluding carboxylic acids is 1. The van der Waals surface area contributed by atoms with E-state index < -0.39 is 21.7 Å². The first-order valence-corrected chi connectivity index (χ1v) is 13.3. The van der Waals surface area contributed by atoms with Crippen molar-refractivity contribution >= 4 is 21.4 Å². The third-order valence-electron chi connectivity index (χ3n) is 6.04. The van der Waals surface area contributed by atoms with E-state index in [0.29, 0.717) is 23.3 Å². The first kappa shape index (κ1) is 26.3. The molecule has 0 aliphatic heterocycles. The molecule has 37 heavy (non-hydrogen) atoms. The Kier molecular flexibility index (Phi) is 7.35. The van der Waals surface area contributed by atoms with Gasteiger partial charge >= 0.3 is 6.18 Å². The van der Waals surface area contributed by atoms with Gasteiger partial charge in [0.15, 0.2) is 9.84 Å². The maximum Gasteiger partial charge on any atom is 0.433 e. The maximum absolute atomic E-state index is 13.4. The molecule has 1 N–H and O–H groups in total. The summed E-state index contributed by atoms with van der Waals surface area (Å²) in [5.41, 5.74) is 1.86. The molecule has 194 valence electrons. The van der Waals surface area contributed by atoms with Crippen molar-refractivity contribution in [3.8, 4) is 0 Å². The van der Waals surface area contributed by atoms with Crippen molar-refractivity contribution in [3.63, 3.8) is 0 Å². The monoisotopic (exact) mass is 530 g/mol. The zero-order chi connectivity index (χ0) is 26.8. The van der Waals surface area contributed by atoms with Gasteiger partial charge in [0.25, 0.3) is 5.91 Å². The highest BCUT2D eigenvalue weighted by atomic mass is 32.2. The Morgan fingerprint density at radius 3 is 2.46 bits per heavy atom. The van der Waals surface area contributed by atoms with Crippen molar-refractivity contribution in [1.29, 1.82) is 0 Å². The van der Waals surface area contributed by atoms with E-state index in [0.717, 1.165) is 17.5 Å². The molecule has 0 bridgehead atoms. The SMILES string of the molecule is CCc1c(Cc2cccnc2C(F)(F)F)nc2cc(C(=O)NCc3ccc(S(=O)(=O)CC)cc3)ccn12. The Bertz CT molecular complexity index is 1550. The van der Waals surface area contributed by atoms with Gasteiger partial charge in [0.2, 0.25) is 0 Å². The fraction of sp³-hybridized carbons (Fsp3) is 0.269. The smallest absolute Gasteiger partial charge is 0.348 e. The number of aromatic nitrogens is 3. The fourth-order valence-corrected chi connectivity index (χ4v) is 4.97. The van der Waals surface area contributed by atoms with Gasteiger partial charge in [0.1, 0.15) is 11.3 Å². The third kappa shape index (κ3) is 5.66. The Hall–Kier alpha value is -3.73. The lowest BCUT2D eigenvalue weighted by molar-refractivity contribution is -0.141. The maximum atomic E-state index is 13.4. The molecule has 0 spiro atoms. The van der Waals surface area contributed by atoms with E-state index >= 15 is 0 Å². The number of pyridine rings is 2. The number of sulfone groups is 1. The number of alkyl halides is 3. The average Bonchev–Trinajstić information content (AvgIpc) is 3.23. The molecule has 4 rings (SSSR count). The summed E-state index contributed by atoms with van der Waals surface area (Å²) < 4.78 is 65.9. The molecule has 0 radical (unpaired) electrons. The number of amides is 1. The number of rotatable bonds is 8. The zero-order valence-electron chi connectivity index (χ0n) is 20.2. The number of hydrogen-bond donors (Lipinski definition) is 1. The van der Waals surface area contributed by atoms with E-state index in [4.69, 9.17) is 0 Å². The van der Waals surface area contributed by atoms with Gasteiger partial charge in [0, 0.05) is 36.6 Å². The van der Waals surface area contributed by atoms with Crippen LogP contribution in [0.5, 0.6) is 0 Å². The third-order valence-corrected chi connectivity index (χ3v) is 7.79. The van der Waals surface area contributed by atoms with Crippen molar-refractivity contribution in [2.75, 3.05) is 5.75 Å². The number of aryl methyl sites for hydroxylation is 1. The molecule has 1 amide bonds. The normalized spacial score (nSPS) is 12.1. The van der Waals surface area contributed by atoms with Crippen molar-refractivity contribution in [2.45, 2.75) is 44.3 Å². The van der Waals surface area contributed by atoms with Crippen LogP contribution in [-0.2, 0) is 35.4 Å². The summed E-state index contributed by atoms with van der Waals surface area (Å²) in [5, 5.41) is 2.79. The lowest BCUT2D eigenvalue weighted by Crippen LogP contribution is -2.23. The van der Waals surface area contributed by atoms with Crippen LogP contribution in [0.15, 0.2) is 65.8 Å². The van der Waals surface area contributed by atoms with E-state index in [-0.39, 0.29) is 35.1 Å². The van der Waals surface area contributed by atoms with E-state index in [1.165, 1.54) is 24.3 Å². The Morgan fingerprint density at radius 1 is 1.08 bits per heavy atom. The van der Waals surface area contributed by atoms with Crippen molar-refractivity contribution in [2.24, 2.45) is 0 Å². The van der Waals surface area contributed by atoms with E-state index in [2.05, 4.69) is 15.3 Å². The summed E-state index contributed by atoms with van der Waals surface area (Å²) in [5.74, 6) is -0.353. The largest absolute Gasteiger partial charge is 0.433 e. The molecule has 0 fully saturated rings. The molecule has 3 aromatic heterocycles. The van der Waals surface area contributed by atoms with Crippen LogP contribution in [0.1, 0.15) is 52.4 Å². The molecule has 0 atom stereocenters. The Morgan fingerprint density at radius 2 is 1.81 bits per heavy atom. The Balaban J connectivity index is 1.54. The first-order valence-electron chi connectivity index (χ1n) is 11.6. The topological polar surface area (TPSA) is 93.4 Å². The Labute approximate surface area is 212 Å². The second-order valence-corrected chi connectivity index (χ2v) is 10.7. The highest BCUT2D eigenvalue weighted by Gasteiger charge is 2.35. The number of nitrogens with one attached hydrogen (secondary N) is 1. The summed E-state index contributed by atoms with van der Waals surface area (Å²) >= 11 is 0. The molecule has 0 saturated carbocycles. The van der Waals surface area contributed by atoms with Crippen LogP contribution >= 0.6 is 0 Å². The van der Waals surface area contributed by atoms with Gasteiger partial charge in [-0.05, 0) is 47.9 Å². The molecule has 0 saturated heterocycles. The zero-order valence-corrected chi connectivity index (χ0v) is 21.0. The van der Waals surface area contributed by atoms with Gasteiger partial charge in [-0.15, -0.1) is 0 Å². The van der Waals surface area contributed by atoms with Crippen LogP contribution in [0, 0.1) is 0 Å². The summed E-state index contributed by atoms with van der Waals surface area (Å²) in [6, 6.07) is 12.4. The number of benzene rings is 1. The van der Waals surface area contributed by atoms with Crippen LogP contribution in [0.3, 0.4) is 0 Å². The van der Waals surface area contributed by atoms with Gasteiger partial charge in [-0.3, -0.25) is 9.78 Å². The summed E-state index contributed by atoms with van der Waals surface area (Å²) in [4.78, 5) is 21.0. The van der Waals surface area contributed by atoms with E-state index in [9.17, 15) is 26.4 Å². The quantitative estimate of drug-likeness (QED) is 0.359. The minimum absolute atomic E-state index is 0.00647. The van der Waals surface area contributed by atoms with Gasteiger partial charge in [-0.25, -0.2) is 13.4 Å². The highest BCUT2D eigenvalue weighted by Crippen LogP contribution is 2.31. The molecule has 1 aromatic carbocycles. The molecule has 4 aromatic rings. The van der Waals surface area contributed by atoms with Crippen LogP contribution in [-0.4, -0.2) is 34.4 Å². The number of nitrogens with zero attached hydrogens (tertiary/aromatic N) is 3. The number of carbonyl (C=O) groups is 1. The van der Waals surface area contributed by atoms with Gasteiger partial charge in [0.05, 0.1) is 16.3 Å². The van der Waals surface area contributed by atoms with E-state index in [1.54, 1.807) is 41.8 Å². The lowest BCUT2D eigenvalue weighted by Gasteiger charge is -2.11. The van der Waals surface area contributed by atoms with Crippen molar-refractivity contribution in [1.82, 2.24) is 19.7 Å². The van der Waals surface area contributed by atoms with Gasteiger partial charge in [-0.2, -0.15) is 13.2 Å². The second kappa shape index (κ2) is 10.3. The van der Waals surface area contributed by atoms with Crippen LogP contribution in [0.25, 0.3) is 5.65 Å². The minimum atomic E-state index is -4.57. The van der Waals surface area contributed by atoms with Crippen LogP contribution < -0.4 is 5.32 Å². The predicted molar refractivity (Wildman–Crippen MR) is 132 cm³/mol. The molecular formula is C26H25F3N4O3S. The standard InChI is InChI=1S/C26H25F3N4O3S/c1-3-22-21(14-18-6-5-12-30-24(18)26(27,28)29)32-23-15-19(11-13-33(22)23)25(34)31-16-17-7-9-20(10-8-17)37(35,36)4-2/h5-13,15H,3-4,14,16H2,1-2H3,(H,31,34). The molecular weight excluding hydrogens is 505 g/mol. The summed E-state index contributed by atoms with van der Waals surface area (Å²) in [7, 11) is -3.30. The highest BCUT2D eigenvalue weighted by molar-refractivity contribution is 7.91. The number of hydrogen-bond acceptors (Lipinski definition) is 5. The molecule has 3 heterocycles. The van der Waals surface area contributed by atoms with Crippen molar-refractivity contribution < 1.29 is 26.4 Å². The average molecular weight is 531 g/mol. The molecule has 0 unspecified atom stereocenters. The van der Waals surface area contributed by atoms with Crippen LogP contribution in [0.4, 0.5) is 13.2 Å². The fourth-order valence-electron chi connectivity index (χ4n) is 4.08. The molecule has 0 aliphatic carbocycles. The predicted octanol–water partition coefficient (Wildman–Crippen LogP) is 4.62.